The zero-order valence-corrected chi connectivity index (χ0v) is 19.4. The van der Waals surface area contributed by atoms with Gasteiger partial charge in [-0.15, -0.1) is 0 Å². The fraction of sp³-hybridized carbons (Fsp3) is 0.565. The van der Waals surface area contributed by atoms with Crippen LogP contribution in [0.4, 0.5) is 4.79 Å². The highest BCUT2D eigenvalue weighted by atomic mass is 35.5. The molecule has 10 nitrogen and oxygen atoms in total. The van der Waals surface area contributed by atoms with E-state index in [4.69, 9.17) is 16.3 Å². The van der Waals surface area contributed by atoms with Crippen LogP contribution in [-0.4, -0.2) is 101 Å². The average molecular weight is 491 g/mol. The van der Waals surface area contributed by atoms with E-state index in [-0.39, 0.29) is 42.4 Å². The Labute approximate surface area is 202 Å². The number of carboxylic acid groups (broad SMARTS) is 1. The number of ether oxygens (including phenoxy) is 1. The first-order valence-corrected chi connectivity index (χ1v) is 11.9. The third-order valence-electron chi connectivity index (χ3n) is 7.29. The van der Waals surface area contributed by atoms with Crippen molar-refractivity contribution in [2.75, 3.05) is 45.9 Å². The first-order chi connectivity index (χ1) is 16.3. The Morgan fingerprint density at radius 2 is 1.76 bits per heavy atom. The second-order valence-corrected chi connectivity index (χ2v) is 9.74. The molecule has 4 saturated heterocycles. The van der Waals surface area contributed by atoms with E-state index in [0.717, 1.165) is 5.56 Å². The summed E-state index contributed by atoms with van der Waals surface area (Å²) in [4.78, 5) is 55.6. The van der Waals surface area contributed by atoms with Crippen LogP contribution in [0.15, 0.2) is 18.2 Å². The molecule has 0 radical (unpaired) electrons. The quantitative estimate of drug-likeness (QED) is 0.634. The Morgan fingerprint density at radius 3 is 2.41 bits per heavy atom. The molecule has 4 amide bonds. The van der Waals surface area contributed by atoms with Crippen molar-refractivity contribution in [3.8, 4) is 0 Å². The van der Waals surface area contributed by atoms with Crippen molar-refractivity contribution in [1.82, 2.24) is 19.6 Å². The average Bonchev–Trinajstić information content (AvgIpc) is 3.47. The fourth-order valence-corrected chi connectivity index (χ4v) is 5.89. The number of halogens is 1. The van der Waals surface area contributed by atoms with Gasteiger partial charge in [0.15, 0.2) is 0 Å². The van der Waals surface area contributed by atoms with Crippen LogP contribution >= 0.6 is 11.6 Å². The molecule has 4 heterocycles. The van der Waals surface area contributed by atoms with E-state index in [9.17, 15) is 24.3 Å². The minimum absolute atomic E-state index is 0.0308. The molecule has 3 atom stereocenters. The topological polar surface area (TPSA) is 111 Å². The van der Waals surface area contributed by atoms with Crippen molar-refractivity contribution in [2.45, 2.75) is 25.6 Å². The van der Waals surface area contributed by atoms with Gasteiger partial charge in [-0.25, -0.2) is 4.79 Å². The van der Waals surface area contributed by atoms with Crippen LogP contribution in [0.2, 0.25) is 5.02 Å². The van der Waals surface area contributed by atoms with Crippen molar-refractivity contribution in [1.29, 1.82) is 0 Å². The molecular weight excluding hydrogens is 464 g/mol. The Bertz CT molecular complexity index is 1010. The third-order valence-corrected chi connectivity index (χ3v) is 7.65. The number of amides is 4. The first-order valence-electron chi connectivity index (χ1n) is 11.6. The standard InChI is InChI=1S/C23H27ClN4O6/c24-18-9-14(22(31)26-5-7-34-8-6-26)1-2-15(18)10-25-11-16-12-27(23(32)33)21(17(16)13-25)28-19(29)3-4-20(28)30/h1-2,9,16-17,21H,3-8,10-13H2,(H,32,33). The molecule has 4 aliphatic heterocycles. The Morgan fingerprint density at radius 1 is 1.06 bits per heavy atom. The van der Waals surface area contributed by atoms with Crippen molar-refractivity contribution in [3.05, 3.63) is 34.3 Å². The molecule has 1 aromatic carbocycles. The highest BCUT2D eigenvalue weighted by molar-refractivity contribution is 6.31. The third kappa shape index (κ3) is 4.14. The second kappa shape index (κ2) is 9.16. The number of nitrogens with zero attached hydrogens (tertiary/aromatic N) is 4. The van der Waals surface area contributed by atoms with Gasteiger partial charge in [0.2, 0.25) is 11.8 Å². The lowest BCUT2D eigenvalue weighted by Gasteiger charge is -2.33. The predicted octanol–water partition coefficient (Wildman–Crippen LogP) is 1.33. The van der Waals surface area contributed by atoms with Crippen LogP contribution < -0.4 is 0 Å². The van der Waals surface area contributed by atoms with Gasteiger partial charge in [-0.1, -0.05) is 17.7 Å². The molecule has 0 aliphatic carbocycles. The van der Waals surface area contributed by atoms with Crippen LogP contribution in [0.1, 0.15) is 28.8 Å². The van der Waals surface area contributed by atoms with Gasteiger partial charge in [0, 0.05) is 68.6 Å². The van der Waals surface area contributed by atoms with Gasteiger partial charge >= 0.3 is 6.09 Å². The molecule has 0 saturated carbocycles. The molecule has 1 aromatic rings. The number of carbonyl (C=O) groups is 4. The summed E-state index contributed by atoms with van der Waals surface area (Å²) in [5.74, 6) is -0.775. The molecule has 0 aromatic heterocycles. The summed E-state index contributed by atoms with van der Waals surface area (Å²) in [5.41, 5.74) is 1.41. The SMILES string of the molecule is O=C(c1ccc(CN2CC3CN(C(=O)O)C(N4C(=O)CCC4=O)C3C2)c(Cl)c1)N1CCOCC1. The molecule has 3 unspecified atom stereocenters. The maximum atomic E-state index is 12.7. The lowest BCUT2D eigenvalue weighted by molar-refractivity contribution is -0.145. The number of hydrogen-bond acceptors (Lipinski definition) is 6. The molecule has 4 aliphatic rings. The zero-order valence-electron chi connectivity index (χ0n) is 18.7. The fourth-order valence-electron chi connectivity index (χ4n) is 5.65. The summed E-state index contributed by atoms with van der Waals surface area (Å²) < 4.78 is 5.30. The summed E-state index contributed by atoms with van der Waals surface area (Å²) in [6.45, 7) is 4.22. The molecule has 4 fully saturated rings. The number of likely N-dealkylation sites (tertiary alicyclic amines) is 3. The molecule has 34 heavy (non-hydrogen) atoms. The molecule has 11 heteroatoms. The first kappa shape index (κ1) is 23.1. The zero-order chi connectivity index (χ0) is 24.0. The highest BCUT2D eigenvalue weighted by Crippen LogP contribution is 2.40. The molecule has 5 rings (SSSR count). The summed E-state index contributed by atoms with van der Waals surface area (Å²) in [5, 5.41) is 10.2. The van der Waals surface area contributed by atoms with Crippen molar-refractivity contribution >= 4 is 35.4 Å². The minimum Gasteiger partial charge on any atom is -0.465 e. The number of imide groups is 1. The summed E-state index contributed by atoms with van der Waals surface area (Å²) in [6, 6.07) is 5.34. The van der Waals surface area contributed by atoms with Crippen LogP contribution in [0.3, 0.4) is 0 Å². The van der Waals surface area contributed by atoms with E-state index < -0.39 is 12.3 Å². The van der Waals surface area contributed by atoms with E-state index in [2.05, 4.69) is 4.90 Å². The lowest BCUT2D eigenvalue weighted by atomic mass is 9.97. The van der Waals surface area contributed by atoms with Gasteiger partial charge < -0.3 is 14.7 Å². The minimum atomic E-state index is -1.11. The van der Waals surface area contributed by atoms with E-state index in [1.54, 1.807) is 17.0 Å². The number of hydrogen-bond donors (Lipinski definition) is 1. The van der Waals surface area contributed by atoms with Crippen LogP contribution in [0.5, 0.6) is 0 Å². The maximum Gasteiger partial charge on any atom is 0.408 e. The van der Waals surface area contributed by atoms with Crippen molar-refractivity contribution in [2.24, 2.45) is 11.8 Å². The molecule has 0 bridgehead atoms. The van der Waals surface area contributed by atoms with Crippen LogP contribution in [0, 0.1) is 11.8 Å². The number of benzene rings is 1. The molecular formula is C23H27ClN4O6. The lowest BCUT2D eigenvalue weighted by Crippen LogP contribution is -2.53. The van der Waals surface area contributed by atoms with E-state index >= 15 is 0 Å². The van der Waals surface area contributed by atoms with Gasteiger partial charge in [0.1, 0.15) is 6.17 Å². The normalized spacial score (nSPS) is 27.6. The van der Waals surface area contributed by atoms with Gasteiger partial charge in [-0.05, 0) is 23.6 Å². The smallest absolute Gasteiger partial charge is 0.408 e. The largest absolute Gasteiger partial charge is 0.465 e. The number of fused-ring (bicyclic) bond motifs is 1. The van der Waals surface area contributed by atoms with Crippen molar-refractivity contribution in [3.63, 3.8) is 0 Å². The summed E-state index contributed by atoms with van der Waals surface area (Å²) >= 11 is 6.54. The van der Waals surface area contributed by atoms with E-state index in [0.29, 0.717) is 63.1 Å². The maximum absolute atomic E-state index is 12.7. The predicted molar refractivity (Wildman–Crippen MR) is 120 cm³/mol. The molecule has 0 spiro atoms. The Kier molecular flexibility index (Phi) is 6.22. The van der Waals surface area contributed by atoms with E-state index in [1.165, 1.54) is 9.80 Å². The summed E-state index contributed by atoms with van der Waals surface area (Å²) in [6.07, 6.45) is -1.59. The van der Waals surface area contributed by atoms with Crippen LogP contribution in [0.25, 0.3) is 0 Å². The van der Waals surface area contributed by atoms with Gasteiger partial charge in [0.25, 0.3) is 5.91 Å². The van der Waals surface area contributed by atoms with Crippen molar-refractivity contribution < 1.29 is 29.0 Å². The highest BCUT2D eigenvalue weighted by Gasteiger charge is 2.54. The van der Waals surface area contributed by atoms with Gasteiger partial charge in [-0.3, -0.25) is 29.1 Å². The van der Waals surface area contributed by atoms with Gasteiger partial charge in [-0.2, -0.15) is 0 Å². The Balaban J connectivity index is 1.28. The molecule has 1 N–H and O–H groups in total. The van der Waals surface area contributed by atoms with E-state index in [1.807, 2.05) is 6.07 Å². The number of morpholine rings is 1. The van der Waals surface area contributed by atoms with Crippen LogP contribution in [-0.2, 0) is 20.9 Å². The molecule has 182 valence electrons. The Hall–Kier alpha value is -2.69. The van der Waals surface area contributed by atoms with Gasteiger partial charge in [0.05, 0.1) is 13.2 Å². The summed E-state index contributed by atoms with van der Waals surface area (Å²) in [7, 11) is 0. The second-order valence-electron chi connectivity index (χ2n) is 9.33. The number of rotatable bonds is 4. The monoisotopic (exact) mass is 490 g/mol. The number of carbonyl (C=O) groups excluding carboxylic acids is 3.